The van der Waals surface area contributed by atoms with Gasteiger partial charge in [-0.05, 0) is 12.0 Å². The van der Waals surface area contributed by atoms with Crippen molar-refractivity contribution >= 4 is 16.4 Å². The van der Waals surface area contributed by atoms with Crippen LogP contribution in [0.3, 0.4) is 0 Å². The summed E-state index contributed by atoms with van der Waals surface area (Å²) >= 11 is 0. The fraction of sp³-hybridized carbons (Fsp3) is 0.200. The first kappa shape index (κ1) is 20.5. The number of hydrogen-bond donors (Lipinski definition) is 0. The number of rotatable bonds is 6. The molecule has 0 fully saturated rings. The number of amides is 1. The van der Waals surface area contributed by atoms with E-state index in [4.69, 9.17) is 4.52 Å². The van der Waals surface area contributed by atoms with Crippen LogP contribution in [-0.2, 0) is 20.7 Å². The number of hydrogen-bond acceptors (Lipinski definition) is 5. The second kappa shape index (κ2) is 8.44. The van der Waals surface area contributed by atoms with E-state index < -0.39 is 34.0 Å². The van der Waals surface area contributed by atoms with Crippen LogP contribution in [0.5, 0.6) is 0 Å². The maximum atomic E-state index is 13.9. The summed E-state index contributed by atoms with van der Waals surface area (Å²) in [4.78, 5) is 13.1. The van der Waals surface area contributed by atoms with Gasteiger partial charge in [-0.2, -0.15) is 8.42 Å². The van der Waals surface area contributed by atoms with Gasteiger partial charge in [0.1, 0.15) is 11.1 Å². The van der Waals surface area contributed by atoms with E-state index in [1.54, 1.807) is 67.6 Å². The molecule has 0 aliphatic rings. The van der Waals surface area contributed by atoms with Gasteiger partial charge in [-0.15, -0.1) is 0 Å². The van der Waals surface area contributed by atoms with E-state index in [1.807, 2.05) is 0 Å². The zero-order valence-electron chi connectivity index (χ0n) is 15.2. The van der Waals surface area contributed by atoms with Crippen LogP contribution in [0.1, 0.15) is 36.7 Å². The van der Waals surface area contributed by atoms with Crippen molar-refractivity contribution in [3.63, 3.8) is 0 Å². The van der Waals surface area contributed by atoms with Crippen molar-refractivity contribution in [3.05, 3.63) is 77.6 Å². The summed E-state index contributed by atoms with van der Waals surface area (Å²) in [6.07, 6.45) is -3.12. The van der Waals surface area contributed by atoms with Crippen LogP contribution in [0.25, 0.3) is 11.3 Å². The van der Waals surface area contributed by atoms with E-state index in [9.17, 15) is 22.0 Å². The number of nitrogens with zero attached hydrogens (tertiary/aromatic N) is 2. The minimum Gasteiger partial charge on any atom is -0.354 e. The second-order valence-electron chi connectivity index (χ2n) is 6.18. The van der Waals surface area contributed by atoms with E-state index in [0.717, 1.165) is 0 Å². The van der Waals surface area contributed by atoms with Crippen molar-refractivity contribution in [2.45, 2.75) is 25.2 Å². The maximum absolute atomic E-state index is 13.9. The minimum atomic E-state index is -3.07. The molecule has 0 aliphatic carbocycles. The Morgan fingerprint density at radius 3 is 2.21 bits per heavy atom. The normalized spacial score (nSPS) is 13.1. The van der Waals surface area contributed by atoms with E-state index in [2.05, 4.69) is 9.52 Å². The van der Waals surface area contributed by atoms with Crippen LogP contribution in [0.15, 0.2) is 69.5 Å². The Morgan fingerprint density at radius 2 is 1.69 bits per heavy atom. The molecule has 0 saturated carbocycles. The molecule has 3 rings (SSSR count). The topological polar surface area (TPSA) is 89.6 Å². The zero-order valence-corrected chi connectivity index (χ0v) is 16.1. The molecule has 0 N–H and O–H groups in total. The molecule has 3 aromatic rings. The van der Waals surface area contributed by atoms with Gasteiger partial charge in [0.15, 0.2) is 0 Å². The van der Waals surface area contributed by atoms with Gasteiger partial charge in [-0.1, -0.05) is 77.1 Å². The largest absolute Gasteiger partial charge is 0.354 e. The lowest BCUT2D eigenvalue weighted by atomic mass is 9.70. The third-order valence-electron chi connectivity index (χ3n) is 4.71. The highest BCUT2D eigenvalue weighted by atomic mass is 32.2. The van der Waals surface area contributed by atoms with Crippen LogP contribution in [0.2, 0.25) is 0 Å². The van der Waals surface area contributed by atoms with E-state index in [1.165, 1.54) is 0 Å². The van der Waals surface area contributed by atoms with Crippen molar-refractivity contribution in [2.24, 2.45) is 4.36 Å². The van der Waals surface area contributed by atoms with Crippen LogP contribution in [0.4, 0.5) is 8.78 Å². The highest BCUT2D eigenvalue weighted by molar-refractivity contribution is 7.62. The number of carbonyl (C=O) groups excluding carboxylic acids is 1. The predicted octanol–water partition coefficient (Wildman–Crippen LogP) is 4.56. The summed E-state index contributed by atoms with van der Waals surface area (Å²) in [5.41, 5.74) is -1.22. The smallest absolute Gasteiger partial charge is 0.319 e. The van der Waals surface area contributed by atoms with Crippen LogP contribution < -0.4 is 0 Å². The fourth-order valence-corrected chi connectivity index (χ4v) is 3.72. The van der Waals surface area contributed by atoms with E-state index >= 15 is 0 Å². The molecule has 2 aromatic carbocycles. The van der Waals surface area contributed by atoms with Crippen molar-refractivity contribution < 1.29 is 26.5 Å². The summed E-state index contributed by atoms with van der Waals surface area (Å²) < 4.78 is 58.2. The van der Waals surface area contributed by atoms with Gasteiger partial charge in [0.2, 0.25) is 5.76 Å². The number of aromatic nitrogens is 1. The maximum Gasteiger partial charge on any atom is 0.319 e. The summed E-state index contributed by atoms with van der Waals surface area (Å²) in [7, 11) is -3.06. The predicted molar refractivity (Wildman–Crippen MR) is 101 cm³/mol. The second-order valence-corrected chi connectivity index (χ2v) is 6.79. The molecule has 0 radical (unpaired) electrons. The molecule has 1 unspecified atom stereocenters. The quantitative estimate of drug-likeness (QED) is 0.585. The van der Waals surface area contributed by atoms with Gasteiger partial charge in [0.05, 0.1) is 0 Å². The SMILES string of the molecule is CCC(C(=O)N=S(=O)=O)(c1ccccc1)c1c(-c2ccccc2)noc1C(F)F. The molecule has 0 aliphatic heterocycles. The summed E-state index contributed by atoms with van der Waals surface area (Å²) in [5, 5.41) is 3.81. The molecule has 0 saturated heterocycles. The number of carbonyl (C=O) groups is 1. The van der Waals surface area contributed by atoms with Crippen LogP contribution in [0, 0.1) is 0 Å². The van der Waals surface area contributed by atoms with Gasteiger partial charge >= 0.3 is 10.5 Å². The zero-order chi connectivity index (χ0) is 21.0. The summed E-state index contributed by atoms with van der Waals surface area (Å²) in [6, 6.07) is 16.4. The molecule has 1 amide bonds. The molecular formula is C20H16F2N2O4S. The lowest BCUT2D eigenvalue weighted by Crippen LogP contribution is -2.36. The molecule has 0 spiro atoms. The van der Waals surface area contributed by atoms with E-state index in [-0.39, 0.29) is 17.7 Å². The van der Waals surface area contributed by atoms with Crippen LogP contribution >= 0.6 is 0 Å². The highest BCUT2D eigenvalue weighted by Crippen LogP contribution is 2.46. The van der Waals surface area contributed by atoms with E-state index in [0.29, 0.717) is 11.1 Å². The molecule has 29 heavy (non-hydrogen) atoms. The first-order valence-electron chi connectivity index (χ1n) is 8.66. The molecule has 1 aromatic heterocycles. The summed E-state index contributed by atoms with van der Waals surface area (Å²) in [5.74, 6) is -1.89. The Bertz CT molecular complexity index is 1140. The number of benzene rings is 2. The van der Waals surface area contributed by atoms with Crippen molar-refractivity contribution in [1.82, 2.24) is 5.16 Å². The molecular weight excluding hydrogens is 402 g/mol. The Labute approximate surface area is 166 Å². The lowest BCUT2D eigenvalue weighted by Gasteiger charge is -2.30. The molecule has 9 heteroatoms. The first-order valence-corrected chi connectivity index (χ1v) is 9.69. The van der Waals surface area contributed by atoms with Crippen molar-refractivity contribution in [3.8, 4) is 11.3 Å². The summed E-state index contributed by atoms with van der Waals surface area (Å²) in [6.45, 7) is 1.59. The molecule has 0 bridgehead atoms. The Hall–Kier alpha value is -3.20. The third kappa shape index (κ3) is 3.73. The first-order chi connectivity index (χ1) is 13.9. The Morgan fingerprint density at radius 1 is 1.10 bits per heavy atom. The molecule has 1 atom stereocenters. The van der Waals surface area contributed by atoms with Gasteiger partial charge in [0.25, 0.3) is 12.3 Å². The van der Waals surface area contributed by atoms with Crippen molar-refractivity contribution in [1.29, 1.82) is 0 Å². The van der Waals surface area contributed by atoms with Crippen molar-refractivity contribution in [2.75, 3.05) is 0 Å². The minimum absolute atomic E-state index is 0.0341. The third-order valence-corrected chi connectivity index (χ3v) is 5.03. The van der Waals surface area contributed by atoms with Gasteiger partial charge in [-0.3, -0.25) is 4.79 Å². The van der Waals surface area contributed by atoms with Gasteiger partial charge in [0, 0.05) is 11.1 Å². The average Bonchev–Trinajstić information content (AvgIpc) is 3.16. The van der Waals surface area contributed by atoms with Gasteiger partial charge < -0.3 is 4.52 Å². The fourth-order valence-electron chi connectivity index (χ4n) is 3.43. The molecule has 1 heterocycles. The van der Waals surface area contributed by atoms with Crippen LogP contribution in [-0.4, -0.2) is 19.5 Å². The monoisotopic (exact) mass is 418 g/mol. The number of alkyl halides is 2. The lowest BCUT2D eigenvalue weighted by molar-refractivity contribution is -0.121. The highest BCUT2D eigenvalue weighted by Gasteiger charge is 2.48. The Kier molecular flexibility index (Phi) is 5.97. The Balaban J connectivity index is 2.45. The molecule has 150 valence electrons. The average molecular weight is 418 g/mol. The molecule has 6 nitrogen and oxygen atoms in total. The van der Waals surface area contributed by atoms with Gasteiger partial charge in [-0.25, -0.2) is 8.78 Å². The standard InChI is InChI=1S/C20H16F2N2O4S/c1-2-20(19(25)24-29(26)27,14-11-7-4-8-12-14)15-16(13-9-5-3-6-10-13)23-28-17(15)18(21)22/h3-12,18H,2H2,1H3. The number of halogens is 2.